The Kier molecular flexibility index (Phi) is 7.23. The number of anilines is 1. The summed E-state index contributed by atoms with van der Waals surface area (Å²) in [5, 5.41) is 11.9. The number of benzene rings is 1. The number of nitrogens with two attached hydrogens (primary N) is 1. The number of aliphatic hydroxyl groups is 1. The van der Waals surface area contributed by atoms with E-state index in [1.54, 1.807) is 0 Å². The van der Waals surface area contributed by atoms with Gasteiger partial charge in [-0.25, -0.2) is 13.4 Å². The molecular weight excluding hydrogens is 431 g/mol. The van der Waals surface area contributed by atoms with Crippen LogP contribution >= 0.6 is 0 Å². The van der Waals surface area contributed by atoms with Crippen LogP contribution < -0.4 is 15.8 Å². The number of pyridine rings is 1. The van der Waals surface area contributed by atoms with Crippen molar-refractivity contribution in [3.8, 4) is 5.75 Å². The van der Waals surface area contributed by atoms with Crippen molar-refractivity contribution in [2.24, 2.45) is 0 Å². The third kappa shape index (κ3) is 6.05. The van der Waals surface area contributed by atoms with Crippen LogP contribution in [0.3, 0.4) is 0 Å². The number of sulfone groups is 1. The summed E-state index contributed by atoms with van der Waals surface area (Å²) >= 11 is 0. The highest BCUT2D eigenvalue weighted by Crippen LogP contribution is 2.27. The number of nitrogen functional groups attached to an aromatic ring is 1. The smallest absolute Gasteiger partial charge is 0.406 e. The van der Waals surface area contributed by atoms with Gasteiger partial charge in [0.1, 0.15) is 5.75 Å². The monoisotopic (exact) mass is 449 g/mol. The van der Waals surface area contributed by atoms with Gasteiger partial charge in [-0.05, 0) is 30.3 Å². The van der Waals surface area contributed by atoms with Gasteiger partial charge < -0.3 is 25.6 Å². The second-order valence-electron chi connectivity index (χ2n) is 5.95. The number of aromatic nitrogens is 1. The molecule has 0 unspecified atom stereocenters. The molecule has 1 atom stereocenters. The molecule has 0 radical (unpaired) electrons. The molecule has 2 aromatic rings. The SMILES string of the molecule is COC[C@H](O)CNC(=O)c1ncc(S(=O)(=O)c2ccc(OC(F)(F)F)cc2)cc1N. The fourth-order valence-electron chi connectivity index (χ4n) is 2.30. The van der Waals surface area contributed by atoms with Gasteiger partial charge in [0.05, 0.1) is 28.2 Å². The molecule has 0 aliphatic carbocycles. The molecule has 30 heavy (non-hydrogen) atoms. The summed E-state index contributed by atoms with van der Waals surface area (Å²) in [6.45, 7) is -0.145. The molecule has 0 spiro atoms. The molecule has 1 heterocycles. The van der Waals surface area contributed by atoms with E-state index in [0.717, 1.165) is 36.5 Å². The van der Waals surface area contributed by atoms with Gasteiger partial charge in [0.15, 0.2) is 5.69 Å². The summed E-state index contributed by atoms with van der Waals surface area (Å²) in [4.78, 5) is 15.2. The van der Waals surface area contributed by atoms with Gasteiger partial charge in [-0.3, -0.25) is 4.79 Å². The first kappa shape index (κ1) is 23.4. The number of nitrogens with zero attached hydrogens (tertiary/aromatic N) is 1. The molecule has 0 saturated heterocycles. The number of halogens is 3. The molecule has 0 aliphatic heterocycles. The molecule has 2 rings (SSSR count). The first-order valence-corrected chi connectivity index (χ1v) is 9.74. The van der Waals surface area contributed by atoms with Gasteiger partial charge in [0.2, 0.25) is 9.84 Å². The van der Waals surface area contributed by atoms with Crippen molar-refractivity contribution in [1.82, 2.24) is 10.3 Å². The molecule has 13 heteroatoms. The minimum Gasteiger partial charge on any atom is -0.406 e. The molecule has 0 bridgehead atoms. The van der Waals surface area contributed by atoms with E-state index in [1.807, 2.05) is 0 Å². The number of hydrogen-bond acceptors (Lipinski definition) is 8. The van der Waals surface area contributed by atoms with Crippen molar-refractivity contribution < 1.29 is 41.0 Å². The van der Waals surface area contributed by atoms with Crippen LogP contribution in [0.4, 0.5) is 18.9 Å². The van der Waals surface area contributed by atoms with E-state index in [1.165, 1.54) is 7.11 Å². The lowest BCUT2D eigenvalue weighted by molar-refractivity contribution is -0.274. The third-order valence-corrected chi connectivity index (χ3v) is 5.38. The zero-order chi connectivity index (χ0) is 22.5. The summed E-state index contributed by atoms with van der Waals surface area (Å²) in [7, 11) is -2.79. The lowest BCUT2D eigenvalue weighted by atomic mass is 10.2. The quantitative estimate of drug-likeness (QED) is 0.545. The molecule has 164 valence electrons. The number of rotatable bonds is 8. The van der Waals surface area contributed by atoms with Crippen LogP contribution in [0.1, 0.15) is 10.5 Å². The van der Waals surface area contributed by atoms with Crippen molar-refractivity contribution in [3.63, 3.8) is 0 Å². The van der Waals surface area contributed by atoms with Gasteiger partial charge in [0.25, 0.3) is 5.91 Å². The number of amides is 1. The topological polar surface area (TPSA) is 141 Å². The van der Waals surface area contributed by atoms with Gasteiger partial charge in [0, 0.05) is 19.9 Å². The molecule has 1 aromatic heterocycles. The third-order valence-electron chi connectivity index (χ3n) is 3.64. The van der Waals surface area contributed by atoms with Crippen molar-refractivity contribution in [1.29, 1.82) is 0 Å². The van der Waals surface area contributed by atoms with E-state index < -0.39 is 34.0 Å². The first-order chi connectivity index (χ1) is 13.9. The number of ether oxygens (including phenoxy) is 2. The molecule has 1 aromatic carbocycles. The van der Waals surface area contributed by atoms with Crippen LogP contribution in [0.25, 0.3) is 0 Å². The number of aliphatic hydroxyl groups excluding tert-OH is 1. The van der Waals surface area contributed by atoms with Crippen LogP contribution in [-0.4, -0.2) is 57.1 Å². The van der Waals surface area contributed by atoms with E-state index >= 15 is 0 Å². The maximum atomic E-state index is 12.6. The maximum absolute atomic E-state index is 12.6. The molecule has 4 N–H and O–H groups in total. The van der Waals surface area contributed by atoms with Gasteiger partial charge in [-0.15, -0.1) is 13.2 Å². The van der Waals surface area contributed by atoms with Crippen LogP contribution in [0.15, 0.2) is 46.3 Å². The zero-order valence-corrected chi connectivity index (χ0v) is 16.3. The number of carbonyl (C=O) groups is 1. The average Bonchev–Trinajstić information content (AvgIpc) is 2.65. The number of methoxy groups -OCH3 is 1. The Morgan fingerprint density at radius 2 is 1.90 bits per heavy atom. The summed E-state index contributed by atoms with van der Waals surface area (Å²) in [5.74, 6) is -1.32. The minimum absolute atomic E-state index is 0.00677. The summed E-state index contributed by atoms with van der Waals surface area (Å²) in [6.07, 6.45) is -4.97. The van der Waals surface area contributed by atoms with Crippen LogP contribution in [0.2, 0.25) is 0 Å². The molecule has 0 fully saturated rings. The van der Waals surface area contributed by atoms with Crippen molar-refractivity contribution in [2.45, 2.75) is 22.3 Å². The molecule has 1 amide bonds. The van der Waals surface area contributed by atoms with E-state index in [9.17, 15) is 31.5 Å². The fourth-order valence-corrected chi connectivity index (χ4v) is 3.54. The fraction of sp³-hybridized carbons (Fsp3) is 0.294. The van der Waals surface area contributed by atoms with Crippen molar-refractivity contribution >= 4 is 21.4 Å². The normalized spacial score (nSPS) is 13.0. The van der Waals surface area contributed by atoms with Crippen LogP contribution in [-0.2, 0) is 14.6 Å². The highest BCUT2D eigenvalue weighted by molar-refractivity contribution is 7.91. The highest BCUT2D eigenvalue weighted by atomic mass is 32.2. The van der Waals surface area contributed by atoms with Gasteiger partial charge in [-0.2, -0.15) is 0 Å². The Balaban J connectivity index is 2.19. The standard InChI is InChI=1S/C17H18F3N3O6S/c1-28-9-10(24)7-23-16(25)15-14(21)6-13(8-22-15)30(26,27)12-4-2-11(3-5-12)29-17(18,19)20/h2-6,8,10,24H,7,9,21H2,1H3,(H,23,25)/t10-/m1/s1. The lowest BCUT2D eigenvalue weighted by Gasteiger charge is -2.12. The zero-order valence-electron chi connectivity index (χ0n) is 15.5. The maximum Gasteiger partial charge on any atom is 0.573 e. The summed E-state index contributed by atoms with van der Waals surface area (Å²) in [6, 6.07) is 4.58. The molecule has 9 nitrogen and oxygen atoms in total. The summed E-state index contributed by atoms with van der Waals surface area (Å²) < 4.78 is 70.3. The van der Waals surface area contributed by atoms with E-state index in [-0.39, 0.29) is 34.3 Å². The molecular formula is C17H18F3N3O6S. The van der Waals surface area contributed by atoms with Crippen molar-refractivity contribution in [2.75, 3.05) is 26.0 Å². The number of hydrogen-bond donors (Lipinski definition) is 3. The van der Waals surface area contributed by atoms with E-state index in [2.05, 4.69) is 15.0 Å². The number of nitrogens with one attached hydrogen (secondary N) is 1. The average molecular weight is 449 g/mol. The predicted octanol–water partition coefficient (Wildman–Crippen LogP) is 1.13. The van der Waals surface area contributed by atoms with Gasteiger partial charge >= 0.3 is 6.36 Å². The predicted molar refractivity (Wildman–Crippen MR) is 97.4 cm³/mol. The second kappa shape index (κ2) is 9.28. The largest absolute Gasteiger partial charge is 0.573 e. The Morgan fingerprint density at radius 3 is 2.43 bits per heavy atom. The Labute approximate surface area is 169 Å². The molecule has 0 saturated carbocycles. The number of alkyl halides is 3. The Hall–Kier alpha value is -2.90. The van der Waals surface area contributed by atoms with E-state index in [0.29, 0.717) is 0 Å². The Bertz CT molecular complexity index is 997. The van der Waals surface area contributed by atoms with Crippen molar-refractivity contribution in [3.05, 3.63) is 42.2 Å². The second-order valence-corrected chi connectivity index (χ2v) is 7.90. The molecule has 0 aliphatic rings. The van der Waals surface area contributed by atoms with E-state index in [4.69, 9.17) is 10.5 Å². The van der Waals surface area contributed by atoms with Gasteiger partial charge in [-0.1, -0.05) is 0 Å². The summed E-state index contributed by atoms with van der Waals surface area (Å²) in [5.41, 5.74) is 5.24. The number of carbonyl (C=O) groups excluding carboxylic acids is 1. The minimum atomic E-state index is -4.91. The lowest BCUT2D eigenvalue weighted by Crippen LogP contribution is -2.35. The van der Waals surface area contributed by atoms with Crippen LogP contribution in [0, 0.1) is 0 Å². The van der Waals surface area contributed by atoms with Crippen LogP contribution in [0.5, 0.6) is 5.75 Å². The first-order valence-electron chi connectivity index (χ1n) is 8.25. The highest BCUT2D eigenvalue weighted by Gasteiger charge is 2.31. The Morgan fingerprint density at radius 1 is 1.27 bits per heavy atom.